The lowest BCUT2D eigenvalue weighted by Gasteiger charge is -2.34. The predicted octanol–water partition coefficient (Wildman–Crippen LogP) is 3.10. The lowest BCUT2D eigenvalue weighted by molar-refractivity contribution is -0.129. The Hall–Kier alpha value is -3.17. The first-order valence-electron chi connectivity index (χ1n) is 11.4. The number of nitrogens with one attached hydrogen (secondary N) is 2. The Labute approximate surface area is 201 Å². The first-order valence-corrected chi connectivity index (χ1v) is 12.9. The second-order valence-corrected chi connectivity index (χ2v) is 9.72. The van der Waals surface area contributed by atoms with E-state index in [9.17, 15) is 18.0 Å². The van der Waals surface area contributed by atoms with Gasteiger partial charge in [-0.25, -0.2) is 13.1 Å². The molecule has 1 unspecified atom stereocenters. The molecule has 0 spiro atoms. The number of sulfonamides is 1. The Balaban J connectivity index is 1.77. The minimum absolute atomic E-state index is 0.0524. The molecule has 2 aromatic carbocycles. The number of fused-ring (bicyclic) bond motifs is 1. The molecule has 0 radical (unpaired) electrons. The number of amides is 2. The van der Waals surface area contributed by atoms with E-state index < -0.39 is 16.1 Å². The second kappa shape index (κ2) is 11.3. The van der Waals surface area contributed by atoms with Gasteiger partial charge in [0.05, 0.1) is 17.1 Å². The fourth-order valence-corrected chi connectivity index (χ4v) is 4.70. The third kappa shape index (κ3) is 6.03. The molecule has 2 N–H and O–H groups in total. The molecule has 0 fully saturated rings. The maximum Gasteiger partial charge on any atom is 0.263 e. The maximum absolute atomic E-state index is 13.1. The van der Waals surface area contributed by atoms with E-state index in [1.54, 1.807) is 49.4 Å². The summed E-state index contributed by atoms with van der Waals surface area (Å²) in [4.78, 5) is 27.6. The zero-order chi connectivity index (χ0) is 24.7. The molecule has 1 aliphatic heterocycles. The number of benzene rings is 2. The van der Waals surface area contributed by atoms with Gasteiger partial charge in [-0.2, -0.15) is 0 Å². The lowest BCUT2D eigenvalue weighted by atomic mass is 10.1. The topological polar surface area (TPSA) is 105 Å². The molecule has 9 heteroatoms. The molecule has 8 nitrogen and oxygen atoms in total. The molecule has 182 valence electrons. The molecule has 0 bridgehead atoms. The van der Waals surface area contributed by atoms with Crippen molar-refractivity contribution in [1.29, 1.82) is 0 Å². The summed E-state index contributed by atoms with van der Waals surface area (Å²) in [5.74, 6) is -0.0823. The van der Waals surface area contributed by atoms with Crippen molar-refractivity contribution >= 4 is 33.6 Å². The smallest absolute Gasteiger partial charge is 0.263 e. The fraction of sp³-hybridized carbons (Fsp3) is 0.360. The van der Waals surface area contributed by atoms with Crippen LogP contribution in [0.1, 0.15) is 39.2 Å². The summed E-state index contributed by atoms with van der Waals surface area (Å²) in [5.41, 5.74) is 1.27. The van der Waals surface area contributed by atoms with E-state index in [4.69, 9.17) is 4.74 Å². The Kier molecular flexibility index (Phi) is 8.46. The van der Waals surface area contributed by atoms with Crippen LogP contribution in [0.3, 0.4) is 0 Å². The zero-order valence-corrected chi connectivity index (χ0v) is 20.5. The summed E-state index contributed by atoms with van der Waals surface area (Å²) in [6.45, 7) is 6.12. The molecule has 2 aromatic rings. The molecular weight excluding hydrogens is 454 g/mol. The van der Waals surface area contributed by atoms with Gasteiger partial charge < -0.3 is 15.0 Å². The van der Waals surface area contributed by atoms with Crippen LogP contribution in [-0.2, 0) is 19.6 Å². The fourth-order valence-electron chi connectivity index (χ4n) is 3.66. The summed E-state index contributed by atoms with van der Waals surface area (Å²) in [7, 11) is -3.54. The highest BCUT2D eigenvalue weighted by Crippen LogP contribution is 2.33. The quantitative estimate of drug-likeness (QED) is 0.531. The molecule has 3 rings (SSSR count). The highest BCUT2D eigenvalue weighted by molar-refractivity contribution is 7.89. The maximum atomic E-state index is 13.1. The van der Waals surface area contributed by atoms with Crippen molar-refractivity contribution < 1.29 is 22.7 Å². The van der Waals surface area contributed by atoms with Crippen LogP contribution in [0, 0.1) is 0 Å². The molecule has 0 saturated heterocycles. The van der Waals surface area contributed by atoms with Crippen molar-refractivity contribution in [1.82, 2.24) is 10.0 Å². The number of nitrogens with zero attached hydrogens (tertiary/aromatic N) is 1. The number of hydrogen-bond donors (Lipinski definition) is 2. The normalized spacial score (nSPS) is 15.8. The van der Waals surface area contributed by atoms with Gasteiger partial charge >= 0.3 is 0 Å². The van der Waals surface area contributed by atoms with E-state index in [0.717, 1.165) is 12.8 Å². The first kappa shape index (κ1) is 25.5. The summed E-state index contributed by atoms with van der Waals surface area (Å²) in [6, 6.07) is 13.4. The minimum Gasteiger partial charge on any atom is -0.477 e. The summed E-state index contributed by atoms with van der Waals surface area (Å²) in [5, 5.41) is 2.99. The van der Waals surface area contributed by atoms with Gasteiger partial charge in [-0.15, -0.1) is 0 Å². The van der Waals surface area contributed by atoms with Crippen molar-refractivity contribution in [2.75, 3.05) is 18.0 Å². The van der Waals surface area contributed by atoms with Gasteiger partial charge in [0.2, 0.25) is 10.0 Å². The number of carbonyl (C=O) groups excluding carboxylic acids is 2. The Morgan fingerprint density at radius 1 is 1.09 bits per heavy atom. The molecule has 0 aliphatic carbocycles. The van der Waals surface area contributed by atoms with Crippen LogP contribution in [0.5, 0.6) is 5.75 Å². The molecule has 2 amide bonds. The van der Waals surface area contributed by atoms with Crippen LogP contribution in [0.25, 0.3) is 6.08 Å². The van der Waals surface area contributed by atoms with Crippen LogP contribution in [0.15, 0.2) is 59.5 Å². The summed E-state index contributed by atoms with van der Waals surface area (Å²) in [6.07, 6.45) is 3.83. The van der Waals surface area contributed by atoms with Gasteiger partial charge in [-0.1, -0.05) is 45.0 Å². The van der Waals surface area contributed by atoms with Crippen molar-refractivity contribution in [3.8, 4) is 5.75 Å². The average Bonchev–Trinajstić information content (AvgIpc) is 2.85. The highest BCUT2D eigenvalue weighted by Gasteiger charge is 2.33. The van der Waals surface area contributed by atoms with E-state index in [0.29, 0.717) is 23.5 Å². The Morgan fingerprint density at radius 3 is 2.41 bits per heavy atom. The molecule has 0 aromatic heterocycles. The van der Waals surface area contributed by atoms with Crippen molar-refractivity contribution in [3.05, 3.63) is 60.2 Å². The Morgan fingerprint density at radius 2 is 1.76 bits per heavy atom. The van der Waals surface area contributed by atoms with Crippen LogP contribution in [0.4, 0.5) is 5.69 Å². The number of carbonyl (C=O) groups is 2. The zero-order valence-electron chi connectivity index (χ0n) is 19.7. The van der Waals surface area contributed by atoms with E-state index in [1.165, 1.54) is 23.1 Å². The van der Waals surface area contributed by atoms with Crippen LogP contribution >= 0.6 is 0 Å². The molecule has 1 heterocycles. The largest absolute Gasteiger partial charge is 0.477 e. The van der Waals surface area contributed by atoms with Gasteiger partial charge in [0, 0.05) is 18.7 Å². The molecule has 34 heavy (non-hydrogen) atoms. The van der Waals surface area contributed by atoms with Crippen LogP contribution < -0.4 is 19.7 Å². The first-order chi connectivity index (χ1) is 16.3. The van der Waals surface area contributed by atoms with E-state index in [1.807, 2.05) is 13.8 Å². The number of anilines is 1. The third-order valence-electron chi connectivity index (χ3n) is 5.61. The number of para-hydroxylation sites is 2. The third-order valence-corrected chi connectivity index (χ3v) is 7.17. The number of rotatable bonds is 9. The van der Waals surface area contributed by atoms with E-state index in [2.05, 4.69) is 10.0 Å². The van der Waals surface area contributed by atoms with E-state index in [-0.39, 0.29) is 29.3 Å². The molecule has 1 atom stereocenters. The molecular formula is C25H31N3O5S. The summed E-state index contributed by atoms with van der Waals surface area (Å²) < 4.78 is 32.5. The highest BCUT2D eigenvalue weighted by atomic mass is 32.2. The SMILES string of the molecule is CCNS(=O)(=O)c1ccc(/C=C/C(=O)N2CC(C(=O)NC(CC)CC)Oc3ccccc32)cc1. The average molecular weight is 486 g/mol. The van der Waals surface area contributed by atoms with Gasteiger partial charge in [0.25, 0.3) is 11.8 Å². The number of hydrogen-bond acceptors (Lipinski definition) is 5. The standard InChI is InChI=1S/C25H31N3O5S/c1-4-19(5-2)27-25(30)23-17-28(21-9-7-8-10-22(21)33-23)24(29)16-13-18-11-14-20(15-12-18)34(31,32)26-6-3/h7-16,19,23,26H,4-6,17H2,1-3H3,(H,27,30)/b16-13+. The van der Waals surface area contributed by atoms with E-state index >= 15 is 0 Å². The number of ether oxygens (including phenoxy) is 1. The van der Waals surface area contributed by atoms with Crippen LogP contribution in [0.2, 0.25) is 0 Å². The van der Waals surface area contributed by atoms with Crippen molar-refractivity contribution in [3.63, 3.8) is 0 Å². The monoisotopic (exact) mass is 485 g/mol. The van der Waals surface area contributed by atoms with Gasteiger partial charge in [-0.05, 0) is 48.7 Å². The van der Waals surface area contributed by atoms with Gasteiger partial charge in [0.1, 0.15) is 5.75 Å². The minimum atomic E-state index is -3.54. The Bertz CT molecular complexity index is 1140. The van der Waals surface area contributed by atoms with Crippen molar-refractivity contribution in [2.24, 2.45) is 0 Å². The van der Waals surface area contributed by atoms with Crippen LogP contribution in [-0.4, -0.2) is 45.5 Å². The second-order valence-electron chi connectivity index (χ2n) is 7.95. The molecule has 1 aliphatic rings. The molecule has 0 saturated carbocycles. The lowest BCUT2D eigenvalue weighted by Crippen LogP contribution is -2.52. The van der Waals surface area contributed by atoms with Crippen molar-refractivity contribution in [2.45, 2.75) is 50.7 Å². The predicted molar refractivity (Wildman–Crippen MR) is 132 cm³/mol. The van der Waals surface area contributed by atoms with Gasteiger partial charge in [-0.3, -0.25) is 9.59 Å². The van der Waals surface area contributed by atoms with Gasteiger partial charge in [0.15, 0.2) is 6.10 Å². The summed E-state index contributed by atoms with van der Waals surface area (Å²) >= 11 is 0.